The molecule has 0 fully saturated rings. The number of hydrogen-bond donors (Lipinski definition) is 1. The minimum absolute atomic E-state index is 0.0249. The number of Topliss-reactive ketones (excluding diaryl/α,β-unsaturated/α-hetero) is 1. The van der Waals surface area contributed by atoms with E-state index in [4.69, 9.17) is 17.3 Å². The summed E-state index contributed by atoms with van der Waals surface area (Å²) in [4.78, 5) is 26.0. The summed E-state index contributed by atoms with van der Waals surface area (Å²) in [6.07, 6.45) is 1.83. The van der Waals surface area contributed by atoms with Gasteiger partial charge in [0, 0.05) is 18.4 Å². The molecular weight excluding hydrogens is 453 g/mol. The van der Waals surface area contributed by atoms with Crippen LogP contribution in [-0.4, -0.2) is 42.3 Å². The van der Waals surface area contributed by atoms with E-state index in [0.29, 0.717) is 29.2 Å². The third-order valence-corrected chi connectivity index (χ3v) is 10.3. The first-order chi connectivity index (χ1) is 14.9. The maximum Gasteiger partial charge on any atom is 0.187 e. The monoisotopic (exact) mass is 477 g/mol. The number of aromatic nitrogens is 2. The summed E-state index contributed by atoms with van der Waals surface area (Å²) in [6.45, 7) is 7.36. The lowest BCUT2D eigenvalue weighted by atomic mass is 9.89. The van der Waals surface area contributed by atoms with Gasteiger partial charge in [-0.25, -0.2) is 13.0 Å². The number of hydrogen-bond acceptors (Lipinski definition) is 7. The summed E-state index contributed by atoms with van der Waals surface area (Å²) < 4.78 is 32.4. The van der Waals surface area contributed by atoms with Crippen LogP contribution in [0.4, 0.5) is 4.39 Å². The Morgan fingerprint density at radius 3 is 2.75 bits per heavy atom. The van der Waals surface area contributed by atoms with Gasteiger partial charge in [-0.05, 0) is 57.9 Å². The second kappa shape index (κ2) is 7.59. The van der Waals surface area contributed by atoms with Gasteiger partial charge >= 0.3 is 0 Å². The number of pyridine rings is 2. The topological polar surface area (TPSA) is 111 Å². The fourth-order valence-electron chi connectivity index (χ4n) is 4.49. The molecule has 4 rings (SSSR count). The molecule has 0 aliphatic carbocycles. The highest BCUT2D eigenvalue weighted by Crippen LogP contribution is 2.47. The van der Waals surface area contributed by atoms with E-state index < -0.39 is 31.1 Å². The summed E-state index contributed by atoms with van der Waals surface area (Å²) in [6, 6.07) is 4.38. The van der Waals surface area contributed by atoms with Crippen molar-refractivity contribution in [1.82, 2.24) is 9.97 Å². The van der Waals surface area contributed by atoms with Crippen LogP contribution < -0.4 is 5.73 Å². The number of aliphatic imine (C=N–C) groups is 1. The molecule has 0 bridgehead atoms. The number of carbonyl (C=O) groups is 1. The first kappa shape index (κ1) is 22.8. The SMILES string of the molecule is Cc1cc(Cl)cnc1C(=O)Cc1ccc(F)c([C@@]2(C)N=C(N)C(C)(C)[S@@]3(=O)=NCC[C@H]23)n1. The fraction of sp³-hybridized carbons (Fsp3) is 0.455. The fourth-order valence-corrected chi connectivity index (χ4v) is 7.85. The predicted octanol–water partition coefficient (Wildman–Crippen LogP) is 3.61. The Labute approximate surface area is 191 Å². The molecule has 2 aromatic rings. The van der Waals surface area contributed by atoms with Crippen LogP contribution in [0.2, 0.25) is 5.02 Å². The highest BCUT2D eigenvalue weighted by atomic mass is 35.5. The van der Waals surface area contributed by atoms with Crippen LogP contribution in [0.25, 0.3) is 0 Å². The zero-order chi connectivity index (χ0) is 23.5. The molecule has 10 heteroatoms. The number of ketones is 1. The average Bonchev–Trinajstić information content (AvgIpc) is 3.13. The van der Waals surface area contributed by atoms with Crippen LogP contribution in [0.15, 0.2) is 33.8 Å². The van der Waals surface area contributed by atoms with E-state index in [-0.39, 0.29) is 29.4 Å². The first-order valence-electron chi connectivity index (χ1n) is 10.3. The third kappa shape index (κ3) is 3.33. The van der Waals surface area contributed by atoms with Crippen molar-refractivity contribution < 1.29 is 13.4 Å². The zero-order valence-corrected chi connectivity index (χ0v) is 19.9. The highest BCUT2D eigenvalue weighted by molar-refractivity contribution is 7.96. The Bertz CT molecular complexity index is 1290. The van der Waals surface area contributed by atoms with Crippen LogP contribution in [-0.2, 0) is 21.7 Å². The van der Waals surface area contributed by atoms with E-state index in [9.17, 15) is 9.00 Å². The van der Waals surface area contributed by atoms with Gasteiger partial charge in [0.15, 0.2) is 5.78 Å². The van der Waals surface area contributed by atoms with Gasteiger partial charge < -0.3 is 5.73 Å². The molecule has 0 aromatic carbocycles. The Hall–Kier alpha value is -2.39. The standard InChI is InChI=1S/C22H25ClFN5O2S/c1-12-9-13(23)11-26-18(12)16(30)10-14-5-6-15(24)19(28-14)22(4)17-7-8-27-32(17,31)21(2,3)20(25)29-22/h5-6,9,11,17H,7-8,10H2,1-4H3,(H2,25,29)/t17-,22+,32-/m1/s1. The summed E-state index contributed by atoms with van der Waals surface area (Å²) in [5.41, 5.74) is 6.30. The van der Waals surface area contributed by atoms with Crippen molar-refractivity contribution in [3.8, 4) is 0 Å². The zero-order valence-electron chi connectivity index (χ0n) is 18.4. The molecule has 170 valence electrons. The Balaban J connectivity index is 1.76. The van der Waals surface area contributed by atoms with Gasteiger partial charge in [-0.3, -0.25) is 19.8 Å². The molecule has 2 aromatic heterocycles. The maximum absolute atomic E-state index is 15.1. The Morgan fingerprint density at radius 1 is 1.34 bits per heavy atom. The Morgan fingerprint density at radius 2 is 2.06 bits per heavy atom. The minimum atomic E-state index is -2.81. The summed E-state index contributed by atoms with van der Waals surface area (Å²) >= 11 is 5.93. The van der Waals surface area contributed by atoms with Crippen molar-refractivity contribution in [3.63, 3.8) is 0 Å². The van der Waals surface area contributed by atoms with Crippen molar-refractivity contribution in [2.75, 3.05) is 6.54 Å². The molecule has 0 saturated heterocycles. The molecule has 4 heterocycles. The second-order valence-electron chi connectivity index (χ2n) is 8.91. The van der Waals surface area contributed by atoms with Crippen LogP contribution in [0, 0.1) is 12.7 Å². The van der Waals surface area contributed by atoms with E-state index in [0.717, 1.165) is 0 Å². The number of nitrogens with two attached hydrogens (primary N) is 1. The number of amidine groups is 1. The van der Waals surface area contributed by atoms with Gasteiger partial charge in [-0.15, -0.1) is 0 Å². The van der Waals surface area contributed by atoms with Gasteiger partial charge in [-0.2, -0.15) is 0 Å². The molecule has 2 aliphatic rings. The molecule has 2 aliphatic heterocycles. The number of nitrogens with zero attached hydrogens (tertiary/aromatic N) is 4. The van der Waals surface area contributed by atoms with Crippen molar-refractivity contribution in [2.24, 2.45) is 15.1 Å². The van der Waals surface area contributed by atoms with Gasteiger partial charge in [0.2, 0.25) is 0 Å². The van der Waals surface area contributed by atoms with Gasteiger partial charge in [0.1, 0.15) is 33.3 Å². The molecule has 2 N–H and O–H groups in total. The smallest absolute Gasteiger partial charge is 0.187 e. The van der Waals surface area contributed by atoms with Crippen molar-refractivity contribution >= 4 is 32.9 Å². The number of carbonyl (C=O) groups excluding carboxylic acids is 1. The molecule has 0 amide bonds. The quantitative estimate of drug-likeness (QED) is 0.676. The van der Waals surface area contributed by atoms with Crippen LogP contribution >= 0.6 is 11.6 Å². The molecule has 32 heavy (non-hydrogen) atoms. The molecule has 0 saturated carbocycles. The lowest BCUT2D eigenvalue weighted by molar-refractivity contribution is 0.0986. The van der Waals surface area contributed by atoms with Crippen LogP contribution in [0.1, 0.15) is 54.6 Å². The summed E-state index contributed by atoms with van der Waals surface area (Å²) in [5.74, 6) is -0.688. The third-order valence-electron chi connectivity index (χ3n) is 6.42. The first-order valence-corrected chi connectivity index (χ1v) is 12.2. The molecule has 0 unspecified atom stereocenters. The molecule has 0 radical (unpaired) electrons. The van der Waals surface area contributed by atoms with E-state index in [2.05, 4.69) is 19.3 Å². The van der Waals surface area contributed by atoms with Crippen LogP contribution in [0.3, 0.4) is 0 Å². The Kier molecular flexibility index (Phi) is 5.40. The van der Waals surface area contributed by atoms with Gasteiger partial charge in [0.25, 0.3) is 0 Å². The van der Waals surface area contributed by atoms with E-state index in [1.54, 1.807) is 33.8 Å². The molecular formula is C22H25ClFN5O2S. The van der Waals surface area contributed by atoms with Crippen LogP contribution in [0.5, 0.6) is 0 Å². The average molecular weight is 478 g/mol. The lowest BCUT2D eigenvalue weighted by Crippen LogP contribution is -2.58. The van der Waals surface area contributed by atoms with E-state index in [1.165, 1.54) is 18.3 Å². The summed E-state index contributed by atoms with van der Waals surface area (Å²) in [5, 5.41) is -0.0964. The molecule has 3 atom stereocenters. The minimum Gasteiger partial charge on any atom is -0.386 e. The largest absolute Gasteiger partial charge is 0.386 e. The van der Waals surface area contributed by atoms with Crippen molar-refractivity contribution in [3.05, 3.63) is 57.9 Å². The van der Waals surface area contributed by atoms with E-state index in [1.807, 2.05) is 0 Å². The number of halogens is 2. The predicted molar refractivity (Wildman–Crippen MR) is 123 cm³/mol. The number of rotatable bonds is 4. The second-order valence-corrected chi connectivity index (χ2v) is 12.3. The van der Waals surface area contributed by atoms with Crippen molar-refractivity contribution in [2.45, 2.75) is 56.1 Å². The normalized spacial score (nSPS) is 28.6. The number of fused-ring (bicyclic) bond motifs is 1. The van der Waals surface area contributed by atoms with Gasteiger partial charge in [0.05, 0.1) is 26.4 Å². The lowest BCUT2D eigenvalue weighted by Gasteiger charge is -2.44. The van der Waals surface area contributed by atoms with Crippen molar-refractivity contribution in [1.29, 1.82) is 0 Å². The summed E-state index contributed by atoms with van der Waals surface area (Å²) in [7, 11) is -2.81. The molecule has 0 spiro atoms. The molecule has 7 nitrogen and oxygen atoms in total. The maximum atomic E-state index is 15.1. The number of aryl methyl sites for hydroxylation is 1. The van der Waals surface area contributed by atoms with E-state index >= 15 is 4.39 Å². The van der Waals surface area contributed by atoms with Gasteiger partial charge in [-0.1, -0.05) is 11.6 Å². The highest BCUT2D eigenvalue weighted by Gasteiger charge is 2.57.